The summed E-state index contributed by atoms with van der Waals surface area (Å²) in [4.78, 5) is 20.8. The Morgan fingerprint density at radius 1 is 0.943 bits per heavy atom. The van der Waals surface area contributed by atoms with Crippen LogP contribution in [-0.4, -0.2) is 42.1 Å². The second-order valence-corrected chi connectivity index (χ2v) is 9.94. The van der Waals surface area contributed by atoms with Crippen LogP contribution in [0.2, 0.25) is 0 Å². The molecule has 1 aromatic heterocycles. The summed E-state index contributed by atoms with van der Waals surface area (Å²) in [5.41, 5.74) is 3.45. The van der Waals surface area contributed by atoms with Gasteiger partial charge in [0.25, 0.3) is 0 Å². The first kappa shape index (κ1) is 23.7. The van der Waals surface area contributed by atoms with Crippen LogP contribution in [0, 0.1) is 11.2 Å². The van der Waals surface area contributed by atoms with Crippen LogP contribution in [0.4, 0.5) is 4.39 Å². The van der Waals surface area contributed by atoms with Gasteiger partial charge in [-0.3, -0.25) is 9.78 Å². The average Bonchev–Trinajstić information content (AvgIpc) is 2.91. The summed E-state index contributed by atoms with van der Waals surface area (Å²) in [6.45, 7) is 2.79. The summed E-state index contributed by atoms with van der Waals surface area (Å²) < 4.78 is 19.7. The monoisotopic (exact) mass is 472 g/mol. The number of hydrogen-bond acceptors (Lipinski definition) is 3. The number of carbonyl (C=O) groups is 1. The van der Waals surface area contributed by atoms with Crippen LogP contribution in [-0.2, 0) is 22.4 Å². The Kier molecular flexibility index (Phi) is 7.24. The largest absolute Gasteiger partial charge is 0.381 e. The van der Waals surface area contributed by atoms with Crippen molar-refractivity contribution >= 4 is 5.91 Å². The van der Waals surface area contributed by atoms with Crippen molar-refractivity contribution in [2.75, 3.05) is 26.3 Å². The molecule has 0 bridgehead atoms. The molecule has 2 fully saturated rings. The lowest BCUT2D eigenvalue weighted by Crippen LogP contribution is -2.50. The molecule has 5 rings (SSSR count). The van der Waals surface area contributed by atoms with Gasteiger partial charge in [0.15, 0.2) is 0 Å². The van der Waals surface area contributed by atoms with Gasteiger partial charge in [0.1, 0.15) is 5.82 Å². The van der Waals surface area contributed by atoms with Gasteiger partial charge in [-0.2, -0.15) is 0 Å². The van der Waals surface area contributed by atoms with Gasteiger partial charge in [0, 0.05) is 50.0 Å². The summed E-state index contributed by atoms with van der Waals surface area (Å²) >= 11 is 0. The highest BCUT2D eigenvalue weighted by Gasteiger charge is 2.43. The molecule has 0 atom stereocenters. The number of likely N-dealkylation sites (tertiary alicyclic amines) is 1. The number of rotatable bonds is 6. The molecule has 0 radical (unpaired) electrons. The van der Waals surface area contributed by atoms with Crippen molar-refractivity contribution < 1.29 is 13.9 Å². The van der Waals surface area contributed by atoms with Crippen LogP contribution in [0.3, 0.4) is 0 Å². The third-order valence-corrected chi connectivity index (χ3v) is 7.65. The summed E-state index contributed by atoms with van der Waals surface area (Å²) in [5.74, 6) is 0.410. The van der Waals surface area contributed by atoms with E-state index in [1.54, 1.807) is 6.07 Å². The molecule has 3 aromatic rings. The summed E-state index contributed by atoms with van der Waals surface area (Å²) in [6, 6.07) is 23.3. The normalized spacial score (nSPS) is 18.4. The Morgan fingerprint density at radius 2 is 1.66 bits per heavy atom. The van der Waals surface area contributed by atoms with E-state index < -0.39 is 0 Å². The number of aromatic nitrogens is 1. The first-order valence-electron chi connectivity index (χ1n) is 12.7. The van der Waals surface area contributed by atoms with Crippen molar-refractivity contribution in [3.63, 3.8) is 0 Å². The highest BCUT2D eigenvalue weighted by Crippen LogP contribution is 2.38. The molecule has 35 heavy (non-hydrogen) atoms. The second kappa shape index (κ2) is 10.7. The third kappa shape index (κ3) is 5.46. The first-order valence-corrected chi connectivity index (χ1v) is 12.7. The number of benzene rings is 2. The number of pyridine rings is 1. The lowest BCUT2D eigenvalue weighted by molar-refractivity contribution is -0.149. The van der Waals surface area contributed by atoms with Crippen LogP contribution in [0.5, 0.6) is 0 Å². The molecule has 0 N–H and O–H groups in total. The Morgan fingerprint density at radius 3 is 2.40 bits per heavy atom. The molecule has 2 saturated heterocycles. The number of amides is 1. The molecule has 2 aliphatic rings. The SMILES string of the molecule is O=C(N1CCC(c2cccc(Cc3ccccc3F)n2)CC1)C1(Cc2ccccc2)CCOCC1. The molecule has 182 valence electrons. The van der Waals surface area contributed by atoms with E-state index in [-0.39, 0.29) is 17.1 Å². The van der Waals surface area contributed by atoms with Crippen LogP contribution >= 0.6 is 0 Å². The quantitative estimate of drug-likeness (QED) is 0.472. The molecule has 0 aliphatic carbocycles. The van der Waals surface area contributed by atoms with Gasteiger partial charge in [0.05, 0.1) is 5.41 Å². The van der Waals surface area contributed by atoms with Gasteiger partial charge < -0.3 is 9.64 Å². The minimum Gasteiger partial charge on any atom is -0.381 e. The number of nitrogens with zero attached hydrogens (tertiary/aromatic N) is 2. The predicted octanol–water partition coefficient (Wildman–Crippen LogP) is 5.56. The molecule has 2 aliphatic heterocycles. The standard InChI is InChI=1S/C30H33FN2O2/c31-27-11-5-4-9-25(27)21-26-10-6-12-28(32-26)24-13-17-33(18-14-24)29(34)30(15-19-35-20-16-30)22-23-7-2-1-3-8-23/h1-12,24H,13-22H2. The van der Waals surface area contributed by atoms with E-state index in [2.05, 4.69) is 23.1 Å². The van der Waals surface area contributed by atoms with Gasteiger partial charge >= 0.3 is 0 Å². The van der Waals surface area contributed by atoms with Crippen LogP contribution in [0.25, 0.3) is 0 Å². The molecule has 4 nitrogen and oxygen atoms in total. The van der Waals surface area contributed by atoms with Crippen molar-refractivity contribution in [2.24, 2.45) is 5.41 Å². The highest BCUT2D eigenvalue weighted by molar-refractivity contribution is 5.83. The van der Waals surface area contributed by atoms with E-state index in [1.165, 1.54) is 11.6 Å². The first-order chi connectivity index (χ1) is 17.1. The molecule has 0 unspecified atom stereocenters. The second-order valence-electron chi connectivity index (χ2n) is 9.94. The molecule has 0 saturated carbocycles. The fraction of sp³-hybridized carbons (Fsp3) is 0.400. The van der Waals surface area contributed by atoms with Gasteiger partial charge in [-0.05, 0) is 61.4 Å². The van der Waals surface area contributed by atoms with Gasteiger partial charge in [-0.1, -0.05) is 54.6 Å². The van der Waals surface area contributed by atoms with E-state index in [0.29, 0.717) is 31.1 Å². The predicted molar refractivity (Wildman–Crippen MR) is 135 cm³/mol. The third-order valence-electron chi connectivity index (χ3n) is 7.65. The zero-order chi connectivity index (χ0) is 24.1. The van der Waals surface area contributed by atoms with E-state index in [9.17, 15) is 9.18 Å². The Bertz CT molecular complexity index is 1140. The Balaban J connectivity index is 1.25. The van der Waals surface area contributed by atoms with E-state index >= 15 is 0 Å². The van der Waals surface area contributed by atoms with Gasteiger partial charge in [-0.25, -0.2) is 4.39 Å². The lowest BCUT2D eigenvalue weighted by Gasteiger charge is -2.42. The molecule has 5 heteroatoms. The number of carbonyl (C=O) groups excluding carboxylic acids is 1. The maximum Gasteiger partial charge on any atom is 0.229 e. The fourth-order valence-electron chi connectivity index (χ4n) is 5.59. The fourth-order valence-corrected chi connectivity index (χ4v) is 5.59. The maximum atomic E-state index is 14.1. The van der Waals surface area contributed by atoms with Crippen molar-refractivity contribution in [2.45, 2.75) is 44.4 Å². The van der Waals surface area contributed by atoms with Crippen molar-refractivity contribution in [3.05, 3.63) is 101 Å². The van der Waals surface area contributed by atoms with E-state index in [1.807, 2.05) is 42.5 Å². The average molecular weight is 473 g/mol. The minimum atomic E-state index is -0.371. The number of piperidine rings is 1. The minimum absolute atomic E-state index is 0.191. The molecule has 3 heterocycles. The lowest BCUT2D eigenvalue weighted by atomic mass is 9.73. The molecule has 1 amide bonds. The van der Waals surface area contributed by atoms with Crippen LogP contribution < -0.4 is 0 Å². The Hall–Kier alpha value is -3.05. The topological polar surface area (TPSA) is 42.4 Å². The molecule has 0 spiro atoms. The van der Waals surface area contributed by atoms with Crippen molar-refractivity contribution in [3.8, 4) is 0 Å². The number of ether oxygens (including phenoxy) is 1. The smallest absolute Gasteiger partial charge is 0.229 e. The van der Waals surface area contributed by atoms with Gasteiger partial charge in [0.2, 0.25) is 5.91 Å². The van der Waals surface area contributed by atoms with Crippen LogP contribution in [0.15, 0.2) is 72.8 Å². The van der Waals surface area contributed by atoms with E-state index in [4.69, 9.17) is 9.72 Å². The van der Waals surface area contributed by atoms with Gasteiger partial charge in [-0.15, -0.1) is 0 Å². The Labute approximate surface area is 207 Å². The summed E-state index contributed by atoms with van der Waals surface area (Å²) in [5, 5.41) is 0. The maximum absolute atomic E-state index is 14.1. The van der Waals surface area contributed by atoms with Crippen molar-refractivity contribution in [1.29, 1.82) is 0 Å². The van der Waals surface area contributed by atoms with E-state index in [0.717, 1.165) is 56.6 Å². The highest BCUT2D eigenvalue weighted by atomic mass is 19.1. The molecular formula is C30H33FN2O2. The zero-order valence-electron chi connectivity index (χ0n) is 20.2. The summed E-state index contributed by atoms with van der Waals surface area (Å²) in [6.07, 6.45) is 4.62. The molecular weight excluding hydrogens is 439 g/mol. The number of halogens is 1. The molecule has 2 aromatic carbocycles. The summed E-state index contributed by atoms with van der Waals surface area (Å²) in [7, 11) is 0. The number of hydrogen-bond donors (Lipinski definition) is 0. The van der Waals surface area contributed by atoms with Crippen LogP contribution in [0.1, 0.15) is 54.1 Å². The van der Waals surface area contributed by atoms with Crippen molar-refractivity contribution in [1.82, 2.24) is 9.88 Å². The zero-order valence-corrected chi connectivity index (χ0v) is 20.2.